The molecular formula is C16H30N2O2. The van der Waals surface area contributed by atoms with Gasteiger partial charge in [-0.25, -0.2) is 4.79 Å². The van der Waals surface area contributed by atoms with Crippen LogP contribution in [0.5, 0.6) is 0 Å². The maximum Gasteiger partial charge on any atom is 0.407 e. The zero-order chi connectivity index (χ0) is 15.2. The Labute approximate surface area is 123 Å². The molecule has 1 rings (SSSR count). The van der Waals surface area contributed by atoms with E-state index in [1.165, 1.54) is 0 Å². The lowest BCUT2D eigenvalue weighted by Gasteiger charge is -2.25. The van der Waals surface area contributed by atoms with E-state index < -0.39 is 5.60 Å². The molecule has 0 spiro atoms. The molecule has 0 aromatic rings. The highest BCUT2D eigenvalue weighted by atomic mass is 16.6. The van der Waals surface area contributed by atoms with Crippen molar-refractivity contribution in [3.05, 3.63) is 12.2 Å². The summed E-state index contributed by atoms with van der Waals surface area (Å²) in [6.07, 6.45) is 6.35. The van der Waals surface area contributed by atoms with Gasteiger partial charge in [0.2, 0.25) is 0 Å². The molecule has 0 saturated carbocycles. The van der Waals surface area contributed by atoms with Gasteiger partial charge in [-0.1, -0.05) is 26.0 Å². The number of amides is 1. The molecule has 0 aromatic heterocycles. The predicted molar refractivity (Wildman–Crippen MR) is 82.7 cm³/mol. The van der Waals surface area contributed by atoms with Gasteiger partial charge in [-0.05, 0) is 45.4 Å². The summed E-state index contributed by atoms with van der Waals surface area (Å²) in [6.45, 7) is 11.6. The van der Waals surface area contributed by atoms with Crippen LogP contribution in [0, 0.1) is 11.8 Å². The normalized spacial score (nSPS) is 17.5. The Hall–Kier alpha value is -1.03. The fourth-order valence-electron chi connectivity index (χ4n) is 2.17. The molecule has 0 aromatic carbocycles. The molecule has 1 aliphatic rings. The van der Waals surface area contributed by atoms with E-state index >= 15 is 0 Å². The number of alkyl carbamates (subject to hydrolysis) is 1. The average Bonchev–Trinajstić information content (AvgIpc) is 2.78. The number of ether oxygens (including phenoxy) is 1. The van der Waals surface area contributed by atoms with Gasteiger partial charge in [-0.3, -0.25) is 0 Å². The lowest BCUT2D eigenvalue weighted by Crippen LogP contribution is -2.41. The second-order valence-corrected chi connectivity index (χ2v) is 6.93. The van der Waals surface area contributed by atoms with Crippen molar-refractivity contribution in [3.8, 4) is 0 Å². The van der Waals surface area contributed by atoms with Crippen LogP contribution in [0.2, 0.25) is 0 Å². The molecule has 0 radical (unpaired) electrons. The molecule has 0 heterocycles. The van der Waals surface area contributed by atoms with Crippen molar-refractivity contribution >= 4 is 6.09 Å². The highest BCUT2D eigenvalue weighted by Gasteiger charge is 2.20. The Morgan fingerprint density at radius 2 is 1.85 bits per heavy atom. The molecule has 4 heteroatoms. The van der Waals surface area contributed by atoms with Crippen LogP contribution in [0.3, 0.4) is 0 Å². The summed E-state index contributed by atoms with van der Waals surface area (Å²) < 4.78 is 5.27. The molecule has 2 N–H and O–H groups in total. The smallest absolute Gasteiger partial charge is 0.407 e. The summed E-state index contributed by atoms with van der Waals surface area (Å²) in [6, 6.07) is 0.567. The zero-order valence-corrected chi connectivity index (χ0v) is 13.5. The fraction of sp³-hybridized carbons (Fsp3) is 0.812. The van der Waals surface area contributed by atoms with Gasteiger partial charge >= 0.3 is 6.09 Å². The summed E-state index contributed by atoms with van der Waals surface area (Å²) in [5.41, 5.74) is -0.439. The molecule has 116 valence electrons. The van der Waals surface area contributed by atoms with Gasteiger partial charge < -0.3 is 15.4 Å². The summed E-state index contributed by atoms with van der Waals surface area (Å²) in [4.78, 5) is 11.7. The molecule has 0 fully saturated rings. The molecule has 1 unspecified atom stereocenters. The average molecular weight is 282 g/mol. The molecule has 1 amide bonds. The largest absolute Gasteiger partial charge is 0.444 e. The second kappa shape index (κ2) is 7.67. The number of rotatable bonds is 6. The van der Waals surface area contributed by atoms with Crippen molar-refractivity contribution in [1.82, 2.24) is 10.6 Å². The molecule has 4 nitrogen and oxygen atoms in total. The van der Waals surface area contributed by atoms with E-state index in [-0.39, 0.29) is 6.09 Å². The van der Waals surface area contributed by atoms with Gasteiger partial charge in [-0.2, -0.15) is 0 Å². The Morgan fingerprint density at radius 3 is 2.35 bits per heavy atom. The van der Waals surface area contributed by atoms with Crippen LogP contribution in [0.1, 0.15) is 47.5 Å². The summed E-state index contributed by atoms with van der Waals surface area (Å²) in [7, 11) is 0. The van der Waals surface area contributed by atoms with Crippen LogP contribution in [0.25, 0.3) is 0 Å². The highest BCUT2D eigenvalue weighted by molar-refractivity contribution is 5.67. The van der Waals surface area contributed by atoms with Crippen molar-refractivity contribution in [2.45, 2.75) is 59.1 Å². The minimum absolute atomic E-state index is 0.328. The first kappa shape index (κ1) is 17.0. The number of hydrogen-bond acceptors (Lipinski definition) is 3. The minimum atomic E-state index is -0.439. The molecule has 0 bridgehead atoms. The molecule has 1 atom stereocenters. The SMILES string of the molecule is CC(C)C(CNC(=O)OC(C)(C)C)CNC1CC=CC1. The highest BCUT2D eigenvalue weighted by Crippen LogP contribution is 2.13. The maximum absolute atomic E-state index is 11.7. The monoisotopic (exact) mass is 282 g/mol. The van der Waals surface area contributed by atoms with E-state index in [1.807, 2.05) is 20.8 Å². The van der Waals surface area contributed by atoms with Gasteiger partial charge in [0.05, 0.1) is 0 Å². The van der Waals surface area contributed by atoms with Crippen LogP contribution in [0.15, 0.2) is 12.2 Å². The van der Waals surface area contributed by atoms with E-state index in [0.717, 1.165) is 19.4 Å². The van der Waals surface area contributed by atoms with Gasteiger partial charge in [0.25, 0.3) is 0 Å². The molecule has 1 aliphatic carbocycles. The lowest BCUT2D eigenvalue weighted by molar-refractivity contribution is 0.0514. The van der Waals surface area contributed by atoms with Crippen molar-refractivity contribution in [2.24, 2.45) is 11.8 Å². The van der Waals surface area contributed by atoms with Crippen LogP contribution in [0.4, 0.5) is 4.79 Å². The summed E-state index contributed by atoms with van der Waals surface area (Å²) >= 11 is 0. The first-order valence-corrected chi connectivity index (χ1v) is 7.63. The van der Waals surface area contributed by atoms with E-state index in [0.29, 0.717) is 24.4 Å². The molecule has 0 saturated heterocycles. The second-order valence-electron chi connectivity index (χ2n) is 6.93. The van der Waals surface area contributed by atoms with E-state index in [1.54, 1.807) is 0 Å². The number of carbonyl (C=O) groups excluding carboxylic acids is 1. The van der Waals surface area contributed by atoms with Crippen LogP contribution < -0.4 is 10.6 Å². The van der Waals surface area contributed by atoms with E-state index in [9.17, 15) is 4.79 Å². The minimum Gasteiger partial charge on any atom is -0.444 e. The number of hydrogen-bond donors (Lipinski definition) is 2. The maximum atomic E-state index is 11.7. The third-order valence-electron chi connectivity index (χ3n) is 3.53. The van der Waals surface area contributed by atoms with Gasteiger partial charge in [0.1, 0.15) is 5.60 Å². The number of nitrogens with one attached hydrogen (secondary N) is 2. The van der Waals surface area contributed by atoms with Crippen LogP contribution in [-0.2, 0) is 4.74 Å². The Balaban J connectivity index is 2.29. The predicted octanol–water partition coefficient (Wildman–Crippen LogP) is 3.09. The lowest BCUT2D eigenvalue weighted by atomic mass is 9.95. The Bertz CT molecular complexity index is 324. The topological polar surface area (TPSA) is 50.4 Å². The van der Waals surface area contributed by atoms with Crippen molar-refractivity contribution < 1.29 is 9.53 Å². The zero-order valence-electron chi connectivity index (χ0n) is 13.5. The third kappa shape index (κ3) is 6.94. The standard InChI is InChI=1S/C16H30N2O2/c1-12(2)13(10-17-14-8-6-7-9-14)11-18-15(19)20-16(3,4)5/h6-7,12-14,17H,8-11H2,1-5H3,(H,18,19). The van der Waals surface area contributed by atoms with Crippen LogP contribution in [-0.4, -0.2) is 30.8 Å². The summed E-state index contributed by atoms with van der Waals surface area (Å²) in [5.74, 6) is 0.940. The van der Waals surface area contributed by atoms with Gasteiger partial charge in [-0.15, -0.1) is 0 Å². The first-order valence-electron chi connectivity index (χ1n) is 7.63. The quantitative estimate of drug-likeness (QED) is 0.736. The Kier molecular flexibility index (Phi) is 6.53. The fourth-order valence-corrected chi connectivity index (χ4v) is 2.17. The molecule has 20 heavy (non-hydrogen) atoms. The van der Waals surface area contributed by atoms with Crippen molar-refractivity contribution in [2.75, 3.05) is 13.1 Å². The van der Waals surface area contributed by atoms with Gasteiger partial charge in [0.15, 0.2) is 0 Å². The summed E-state index contributed by atoms with van der Waals surface area (Å²) in [5, 5.41) is 6.46. The van der Waals surface area contributed by atoms with Crippen molar-refractivity contribution in [1.29, 1.82) is 0 Å². The number of carbonyl (C=O) groups is 1. The Morgan fingerprint density at radius 1 is 1.25 bits per heavy atom. The first-order chi connectivity index (χ1) is 9.28. The molecule has 0 aliphatic heterocycles. The van der Waals surface area contributed by atoms with E-state index in [2.05, 4.69) is 36.6 Å². The van der Waals surface area contributed by atoms with Gasteiger partial charge in [0, 0.05) is 19.1 Å². The molecular weight excluding hydrogens is 252 g/mol. The van der Waals surface area contributed by atoms with Crippen molar-refractivity contribution in [3.63, 3.8) is 0 Å². The third-order valence-corrected chi connectivity index (χ3v) is 3.53. The van der Waals surface area contributed by atoms with E-state index in [4.69, 9.17) is 4.74 Å². The van der Waals surface area contributed by atoms with Crippen LogP contribution >= 0.6 is 0 Å².